The molecular weight excluding hydrogens is 319 g/mol. The summed E-state index contributed by atoms with van der Waals surface area (Å²) in [5.74, 6) is 0.344. The predicted molar refractivity (Wildman–Crippen MR) is 98.5 cm³/mol. The summed E-state index contributed by atoms with van der Waals surface area (Å²) in [6.45, 7) is 10.5. The van der Waals surface area contributed by atoms with E-state index in [1.165, 1.54) is 0 Å². The molecule has 2 fully saturated rings. The van der Waals surface area contributed by atoms with Crippen LogP contribution >= 0.6 is 0 Å². The van der Waals surface area contributed by atoms with Crippen LogP contribution in [0.1, 0.15) is 34.1 Å². The van der Waals surface area contributed by atoms with Gasteiger partial charge in [-0.3, -0.25) is 0 Å². The Morgan fingerprint density at radius 2 is 2.00 bits per heavy atom. The summed E-state index contributed by atoms with van der Waals surface area (Å²) in [6.07, 6.45) is 0.0299. The van der Waals surface area contributed by atoms with Crippen LogP contribution in [0.2, 0.25) is 0 Å². The van der Waals surface area contributed by atoms with E-state index in [0.29, 0.717) is 12.5 Å². The molecule has 1 aromatic carbocycles. The van der Waals surface area contributed by atoms with Gasteiger partial charge in [0.1, 0.15) is 0 Å². The molecule has 2 aliphatic heterocycles. The molecule has 1 atom stereocenters. The number of nitrogens with zero attached hydrogens (tertiary/aromatic N) is 1. The zero-order valence-corrected chi connectivity index (χ0v) is 15.4. The second-order valence-corrected chi connectivity index (χ2v) is 7.97. The lowest BCUT2D eigenvalue weighted by Gasteiger charge is -2.32. The topological polar surface area (TPSA) is 71.0 Å². The Balaban J connectivity index is 1.68. The number of hydrogen-bond acceptors (Lipinski definition) is 4. The van der Waals surface area contributed by atoms with Crippen molar-refractivity contribution in [1.29, 1.82) is 0 Å². The summed E-state index contributed by atoms with van der Waals surface area (Å²) in [5, 5.41) is 11.2. The monoisotopic (exact) mass is 346 g/mol. The van der Waals surface area contributed by atoms with Crippen molar-refractivity contribution in [3.63, 3.8) is 0 Å². The molecule has 2 N–H and O–H groups in total. The highest BCUT2D eigenvalue weighted by molar-refractivity contribution is 6.62. The van der Waals surface area contributed by atoms with Crippen molar-refractivity contribution in [2.24, 2.45) is 5.92 Å². The van der Waals surface area contributed by atoms with Crippen LogP contribution in [-0.4, -0.2) is 49.2 Å². The van der Waals surface area contributed by atoms with Gasteiger partial charge in [0, 0.05) is 25.3 Å². The standard InChI is InChI=1S/C18H27BN2O4/c1-17(2)18(3,4)25-19(24-17)14-6-5-7-15(10-14)21-9-8-13(12-21)11-20-16(22)23/h5-7,10,13,20H,8-9,11-12H2,1-4H3,(H,22,23). The quantitative estimate of drug-likeness (QED) is 0.817. The molecule has 1 aromatic rings. The second kappa shape index (κ2) is 6.54. The van der Waals surface area contributed by atoms with Crippen molar-refractivity contribution in [1.82, 2.24) is 5.32 Å². The fraction of sp³-hybridized carbons (Fsp3) is 0.611. The lowest BCUT2D eigenvalue weighted by Crippen LogP contribution is -2.41. The molecule has 0 bridgehead atoms. The first-order chi connectivity index (χ1) is 11.7. The van der Waals surface area contributed by atoms with Crippen LogP contribution in [0.3, 0.4) is 0 Å². The van der Waals surface area contributed by atoms with Crippen LogP contribution in [0.15, 0.2) is 24.3 Å². The van der Waals surface area contributed by atoms with Gasteiger partial charge in [0.25, 0.3) is 0 Å². The van der Waals surface area contributed by atoms with Gasteiger partial charge in [0.05, 0.1) is 11.2 Å². The molecule has 2 heterocycles. The predicted octanol–water partition coefficient (Wildman–Crippen LogP) is 2.08. The maximum absolute atomic E-state index is 10.7. The second-order valence-electron chi connectivity index (χ2n) is 7.97. The molecular formula is C18H27BN2O4. The minimum absolute atomic E-state index is 0.344. The Morgan fingerprint density at radius 1 is 1.32 bits per heavy atom. The van der Waals surface area contributed by atoms with Gasteiger partial charge >= 0.3 is 13.2 Å². The smallest absolute Gasteiger partial charge is 0.465 e. The highest BCUT2D eigenvalue weighted by Crippen LogP contribution is 2.36. The van der Waals surface area contributed by atoms with Gasteiger partial charge < -0.3 is 24.6 Å². The Bertz CT molecular complexity index is 634. The van der Waals surface area contributed by atoms with Crippen molar-refractivity contribution in [2.75, 3.05) is 24.5 Å². The largest absolute Gasteiger partial charge is 0.494 e. The van der Waals surface area contributed by atoms with Crippen molar-refractivity contribution < 1.29 is 19.2 Å². The van der Waals surface area contributed by atoms with Gasteiger partial charge in [-0.2, -0.15) is 0 Å². The van der Waals surface area contributed by atoms with Gasteiger partial charge in [-0.1, -0.05) is 12.1 Å². The van der Waals surface area contributed by atoms with Gasteiger partial charge in [-0.15, -0.1) is 0 Å². The third kappa shape index (κ3) is 3.77. The molecule has 2 aliphatic rings. The molecule has 25 heavy (non-hydrogen) atoms. The minimum atomic E-state index is -0.957. The number of benzene rings is 1. The number of nitrogens with one attached hydrogen (secondary N) is 1. The van der Waals surface area contributed by atoms with E-state index < -0.39 is 6.09 Å². The molecule has 1 amide bonds. The van der Waals surface area contributed by atoms with E-state index in [1.54, 1.807) is 0 Å². The van der Waals surface area contributed by atoms with Crippen molar-refractivity contribution in [2.45, 2.75) is 45.3 Å². The summed E-state index contributed by atoms with van der Waals surface area (Å²) in [7, 11) is -0.364. The van der Waals surface area contributed by atoms with E-state index in [-0.39, 0.29) is 18.3 Å². The number of rotatable bonds is 4. The Hall–Kier alpha value is -1.73. The average molecular weight is 346 g/mol. The maximum atomic E-state index is 10.7. The SMILES string of the molecule is CC1(C)OB(c2cccc(N3CCC(CNC(=O)O)C3)c2)OC1(C)C. The van der Waals surface area contributed by atoms with Crippen LogP contribution < -0.4 is 15.7 Å². The Morgan fingerprint density at radius 3 is 2.64 bits per heavy atom. The molecule has 136 valence electrons. The van der Waals surface area contributed by atoms with Gasteiger partial charge in [0.2, 0.25) is 0 Å². The highest BCUT2D eigenvalue weighted by Gasteiger charge is 2.51. The number of anilines is 1. The molecule has 0 aliphatic carbocycles. The van der Waals surface area contributed by atoms with E-state index in [1.807, 2.05) is 12.1 Å². The molecule has 3 rings (SSSR count). The van der Waals surface area contributed by atoms with Crippen LogP contribution in [-0.2, 0) is 9.31 Å². The first kappa shape index (κ1) is 18.1. The summed E-state index contributed by atoms with van der Waals surface area (Å²) in [4.78, 5) is 12.9. The minimum Gasteiger partial charge on any atom is -0.465 e. The van der Waals surface area contributed by atoms with Gasteiger partial charge in [-0.25, -0.2) is 4.79 Å². The van der Waals surface area contributed by atoms with Crippen LogP contribution in [0.5, 0.6) is 0 Å². The van der Waals surface area contributed by atoms with E-state index >= 15 is 0 Å². The van der Waals surface area contributed by atoms with Crippen LogP contribution in [0.25, 0.3) is 0 Å². The molecule has 7 heteroatoms. The number of carbonyl (C=O) groups is 1. The lowest BCUT2D eigenvalue weighted by atomic mass is 9.79. The van der Waals surface area contributed by atoms with E-state index in [2.05, 4.69) is 50.0 Å². The zero-order chi connectivity index (χ0) is 18.2. The van der Waals surface area contributed by atoms with E-state index in [9.17, 15) is 4.79 Å². The molecule has 6 nitrogen and oxygen atoms in total. The normalized spacial score (nSPS) is 24.6. The first-order valence-electron chi connectivity index (χ1n) is 8.85. The zero-order valence-electron chi connectivity index (χ0n) is 15.4. The molecule has 2 saturated heterocycles. The van der Waals surface area contributed by atoms with Crippen molar-refractivity contribution in [3.8, 4) is 0 Å². The molecule has 0 saturated carbocycles. The maximum Gasteiger partial charge on any atom is 0.494 e. The lowest BCUT2D eigenvalue weighted by molar-refractivity contribution is 0.00578. The van der Waals surface area contributed by atoms with Crippen molar-refractivity contribution >= 4 is 24.4 Å². The van der Waals surface area contributed by atoms with Crippen molar-refractivity contribution in [3.05, 3.63) is 24.3 Å². The van der Waals surface area contributed by atoms with Crippen LogP contribution in [0, 0.1) is 5.92 Å². The summed E-state index contributed by atoms with van der Waals surface area (Å²) in [6, 6.07) is 8.26. The summed E-state index contributed by atoms with van der Waals surface area (Å²) >= 11 is 0. The molecule has 0 radical (unpaired) electrons. The summed E-state index contributed by atoms with van der Waals surface area (Å²) in [5.41, 5.74) is 1.44. The van der Waals surface area contributed by atoms with E-state index in [0.717, 1.165) is 30.7 Å². The highest BCUT2D eigenvalue weighted by atomic mass is 16.7. The van der Waals surface area contributed by atoms with Crippen LogP contribution in [0.4, 0.5) is 10.5 Å². The third-order valence-electron chi connectivity index (χ3n) is 5.59. The molecule has 1 unspecified atom stereocenters. The molecule has 0 aromatic heterocycles. The Labute approximate surface area is 149 Å². The first-order valence-corrected chi connectivity index (χ1v) is 8.85. The third-order valence-corrected chi connectivity index (χ3v) is 5.59. The Kier molecular flexibility index (Phi) is 4.73. The molecule has 0 spiro atoms. The van der Waals surface area contributed by atoms with E-state index in [4.69, 9.17) is 14.4 Å². The number of amides is 1. The number of carboxylic acid groups (broad SMARTS) is 1. The number of hydrogen-bond donors (Lipinski definition) is 2. The fourth-order valence-electron chi connectivity index (χ4n) is 3.31. The van der Waals surface area contributed by atoms with Gasteiger partial charge in [0.15, 0.2) is 0 Å². The summed E-state index contributed by atoms with van der Waals surface area (Å²) < 4.78 is 12.3. The average Bonchev–Trinajstić information content (AvgIpc) is 3.08. The van der Waals surface area contributed by atoms with Gasteiger partial charge in [-0.05, 0) is 57.6 Å². The fourth-order valence-corrected chi connectivity index (χ4v) is 3.31.